The summed E-state index contributed by atoms with van der Waals surface area (Å²) >= 11 is 0. The second-order valence-electron chi connectivity index (χ2n) is 6.65. The van der Waals surface area contributed by atoms with Crippen molar-refractivity contribution in [3.63, 3.8) is 0 Å². The lowest BCUT2D eigenvalue weighted by molar-refractivity contribution is 0.0692. The number of aromatic nitrogens is 3. The molecule has 0 bridgehead atoms. The standard InChI is InChI=1S/C22H19N3O5/c1-29-16-5-3-4-13(9-16)8-15-7-6-14(10-19(15)30-2)17-12-24-25-20(17)23-11-18(21(25)26)22(27)28/h3-7,9-12,26H,8H2,1-2H3,(H,27,28). The Labute approximate surface area is 172 Å². The molecule has 0 saturated carbocycles. The number of carboxylic acids is 1. The van der Waals surface area contributed by atoms with Crippen LogP contribution in [0, 0.1) is 0 Å². The van der Waals surface area contributed by atoms with Gasteiger partial charge in [-0.25, -0.2) is 9.78 Å². The molecule has 4 rings (SSSR count). The minimum absolute atomic E-state index is 0.316. The van der Waals surface area contributed by atoms with Crippen LogP contribution in [0.15, 0.2) is 54.9 Å². The number of aromatic hydroxyl groups is 1. The highest BCUT2D eigenvalue weighted by Gasteiger charge is 2.18. The van der Waals surface area contributed by atoms with Gasteiger partial charge in [0.15, 0.2) is 5.65 Å². The normalized spacial score (nSPS) is 10.9. The van der Waals surface area contributed by atoms with Crippen molar-refractivity contribution in [3.8, 4) is 28.5 Å². The Bertz CT molecular complexity index is 1250. The molecular weight excluding hydrogens is 386 g/mol. The predicted molar refractivity (Wildman–Crippen MR) is 109 cm³/mol. The van der Waals surface area contributed by atoms with Gasteiger partial charge in [-0.05, 0) is 34.9 Å². The fourth-order valence-corrected chi connectivity index (χ4v) is 3.33. The van der Waals surface area contributed by atoms with Crippen LogP contribution in [-0.2, 0) is 6.42 Å². The monoisotopic (exact) mass is 405 g/mol. The molecule has 0 amide bonds. The summed E-state index contributed by atoms with van der Waals surface area (Å²) in [5.74, 6) is -0.259. The molecule has 0 aliphatic rings. The first kappa shape index (κ1) is 19.3. The fourth-order valence-electron chi connectivity index (χ4n) is 3.33. The Morgan fingerprint density at radius 2 is 1.93 bits per heavy atom. The van der Waals surface area contributed by atoms with Crippen molar-refractivity contribution >= 4 is 11.6 Å². The Balaban J connectivity index is 1.72. The maximum absolute atomic E-state index is 11.2. The molecule has 0 spiro atoms. The number of nitrogens with zero attached hydrogens (tertiary/aromatic N) is 3. The van der Waals surface area contributed by atoms with Crippen LogP contribution in [0.3, 0.4) is 0 Å². The lowest BCUT2D eigenvalue weighted by atomic mass is 10.00. The third kappa shape index (κ3) is 3.39. The second-order valence-corrected chi connectivity index (χ2v) is 6.65. The molecule has 30 heavy (non-hydrogen) atoms. The van der Waals surface area contributed by atoms with Crippen LogP contribution >= 0.6 is 0 Å². The van der Waals surface area contributed by atoms with E-state index >= 15 is 0 Å². The lowest BCUT2D eigenvalue weighted by Gasteiger charge is -2.11. The summed E-state index contributed by atoms with van der Waals surface area (Å²) in [5, 5.41) is 23.4. The van der Waals surface area contributed by atoms with Gasteiger partial charge in [-0.2, -0.15) is 9.61 Å². The average Bonchev–Trinajstić information content (AvgIpc) is 3.19. The summed E-state index contributed by atoms with van der Waals surface area (Å²) in [6.45, 7) is 0. The van der Waals surface area contributed by atoms with E-state index in [9.17, 15) is 9.90 Å². The summed E-state index contributed by atoms with van der Waals surface area (Å²) in [7, 11) is 3.24. The van der Waals surface area contributed by atoms with Crippen LogP contribution < -0.4 is 9.47 Å². The average molecular weight is 405 g/mol. The van der Waals surface area contributed by atoms with Crippen molar-refractivity contribution in [2.75, 3.05) is 14.2 Å². The van der Waals surface area contributed by atoms with E-state index in [0.717, 1.165) is 33.2 Å². The zero-order valence-electron chi connectivity index (χ0n) is 16.4. The first-order chi connectivity index (χ1) is 14.5. The molecule has 0 radical (unpaired) electrons. The highest BCUT2D eigenvalue weighted by Crippen LogP contribution is 2.32. The van der Waals surface area contributed by atoms with Gasteiger partial charge in [0.25, 0.3) is 0 Å². The molecule has 152 valence electrons. The van der Waals surface area contributed by atoms with Gasteiger partial charge in [-0.3, -0.25) is 0 Å². The summed E-state index contributed by atoms with van der Waals surface area (Å²) < 4.78 is 12.0. The van der Waals surface area contributed by atoms with Gasteiger partial charge >= 0.3 is 5.97 Å². The van der Waals surface area contributed by atoms with E-state index in [1.165, 1.54) is 6.20 Å². The third-order valence-electron chi connectivity index (χ3n) is 4.86. The SMILES string of the molecule is COc1cccc(Cc2ccc(-c3cnn4c(O)c(C(=O)O)cnc34)cc2OC)c1. The molecule has 0 aliphatic heterocycles. The van der Waals surface area contributed by atoms with Crippen LogP contribution in [0.1, 0.15) is 21.5 Å². The number of carbonyl (C=O) groups is 1. The number of fused-ring (bicyclic) bond motifs is 1. The predicted octanol–water partition coefficient (Wildman–Crippen LogP) is 3.41. The van der Waals surface area contributed by atoms with E-state index in [-0.39, 0.29) is 5.56 Å². The Hall–Kier alpha value is -4.07. The largest absolute Gasteiger partial charge is 0.497 e. The molecule has 0 unspecified atom stereocenters. The molecular formula is C22H19N3O5. The Morgan fingerprint density at radius 3 is 2.67 bits per heavy atom. The number of methoxy groups -OCH3 is 2. The van der Waals surface area contributed by atoms with E-state index < -0.39 is 11.8 Å². The number of carboxylic acid groups (broad SMARTS) is 1. The van der Waals surface area contributed by atoms with Crippen molar-refractivity contribution in [2.24, 2.45) is 0 Å². The highest BCUT2D eigenvalue weighted by atomic mass is 16.5. The molecule has 2 heterocycles. The number of ether oxygens (including phenoxy) is 2. The Morgan fingerprint density at radius 1 is 1.10 bits per heavy atom. The topological polar surface area (TPSA) is 106 Å². The third-order valence-corrected chi connectivity index (χ3v) is 4.86. The molecule has 2 N–H and O–H groups in total. The van der Waals surface area contributed by atoms with Crippen molar-refractivity contribution in [1.29, 1.82) is 0 Å². The molecule has 4 aromatic rings. The van der Waals surface area contributed by atoms with Gasteiger partial charge in [-0.15, -0.1) is 0 Å². The number of hydrogen-bond donors (Lipinski definition) is 2. The molecule has 8 heteroatoms. The number of benzene rings is 2. The van der Waals surface area contributed by atoms with Crippen molar-refractivity contribution in [3.05, 3.63) is 71.5 Å². The van der Waals surface area contributed by atoms with Crippen molar-refractivity contribution in [2.45, 2.75) is 6.42 Å². The molecule has 2 aromatic carbocycles. The molecule has 0 saturated heterocycles. The van der Waals surface area contributed by atoms with Crippen LogP contribution in [-0.4, -0.2) is 45.0 Å². The van der Waals surface area contributed by atoms with Crippen LogP contribution in [0.2, 0.25) is 0 Å². The zero-order chi connectivity index (χ0) is 21.3. The van der Waals surface area contributed by atoms with Gasteiger partial charge in [0.2, 0.25) is 5.88 Å². The number of rotatable bonds is 6. The summed E-state index contributed by atoms with van der Waals surface area (Å²) in [5.41, 5.74) is 3.54. The van der Waals surface area contributed by atoms with Gasteiger partial charge in [0.05, 0.1) is 20.4 Å². The summed E-state index contributed by atoms with van der Waals surface area (Å²) in [4.78, 5) is 15.4. The maximum atomic E-state index is 11.2. The highest BCUT2D eigenvalue weighted by molar-refractivity contribution is 5.90. The van der Waals surface area contributed by atoms with Crippen LogP contribution in [0.25, 0.3) is 16.8 Å². The first-order valence-corrected chi connectivity index (χ1v) is 9.11. The molecule has 0 fully saturated rings. The minimum Gasteiger partial charge on any atom is -0.497 e. The quantitative estimate of drug-likeness (QED) is 0.506. The van der Waals surface area contributed by atoms with Gasteiger partial charge in [-0.1, -0.05) is 24.3 Å². The first-order valence-electron chi connectivity index (χ1n) is 9.11. The molecule has 0 aliphatic carbocycles. The molecule has 8 nitrogen and oxygen atoms in total. The fraction of sp³-hybridized carbons (Fsp3) is 0.136. The van der Waals surface area contributed by atoms with Gasteiger partial charge in [0, 0.05) is 18.2 Å². The second kappa shape index (κ2) is 7.75. The van der Waals surface area contributed by atoms with E-state index in [1.807, 2.05) is 42.5 Å². The smallest absolute Gasteiger partial charge is 0.342 e. The van der Waals surface area contributed by atoms with E-state index in [2.05, 4.69) is 10.1 Å². The zero-order valence-corrected chi connectivity index (χ0v) is 16.4. The maximum Gasteiger partial charge on any atom is 0.342 e. The minimum atomic E-state index is -1.28. The van der Waals surface area contributed by atoms with Crippen molar-refractivity contribution in [1.82, 2.24) is 14.6 Å². The lowest BCUT2D eigenvalue weighted by Crippen LogP contribution is -2.03. The Kier molecular flexibility index (Phi) is 4.97. The summed E-state index contributed by atoms with van der Waals surface area (Å²) in [6.07, 6.45) is 3.31. The van der Waals surface area contributed by atoms with Crippen molar-refractivity contribution < 1.29 is 24.5 Å². The van der Waals surface area contributed by atoms with Crippen LogP contribution in [0.5, 0.6) is 17.4 Å². The van der Waals surface area contributed by atoms with E-state index in [4.69, 9.17) is 14.6 Å². The van der Waals surface area contributed by atoms with E-state index in [1.54, 1.807) is 14.2 Å². The van der Waals surface area contributed by atoms with Gasteiger partial charge in [0.1, 0.15) is 17.1 Å². The molecule has 2 aromatic heterocycles. The summed E-state index contributed by atoms with van der Waals surface area (Å²) in [6, 6.07) is 13.6. The number of hydrogen-bond acceptors (Lipinski definition) is 6. The van der Waals surface area contributed by atoms with Gasteiger partial charge < -0.3 is 19.7 Å². The number of aromatic carboxylic acids is 1. The van der Waals surface area contributed by atoms with E-state index in [0.29, 0.717) is 23.4 Å². The van der Waals surface area contributed by atoms with Crippen LogP contribution in [0.4, 0.5) is 0 Å². The molecule has 0 atom stereocenters.